The predicted molar refractivity (Wildman–Crippen MR) is 104 cm³/mol. The lowest BCUT2D eigenvalue weighted by Crippen LogP contribution is -2.37. The molecule has 32 heavy (non-hydrogen) atoms. The van der Waals surface area contributed by atoms with Crippen molar-refractivity contribution in [3.05, 3.63) is 9.54 Å². The van der Waals surface area contributed by atoms with E-state index in [0.29, 0.717) is 35.8 Å². The molecule has 4 aliphatic heterocycles. The van der Waals surface area contributed by atoms with Crippen LogP contribution >= 0.6 is 24.4 Å². The molecule has 2 aromatic heterocycles. The Bertz CT molecular complexity index is 1110. The topological polar surface area (TPSA) is 142 Å². The highest BCUT2D eigenvalue weighted by molar-refractivity contribution is 7.71. The number of hydrogen-bond acceptors (Lipinski definition) is 12. The highest BCUT2D eigenvalue weighted by atomic mass is 32.1. The van der Waals surface area contributed by atoms with Crippen LogP contribution in [0, 0.1) is 9.54 Å². The van der Waals surface area contributed by atoms with Crippen LogP contribution in [0.1, 0.15) is 24.9 Å². The molecule has 4 fully saturated rings. The number of carbonyl (C=O) groups excluding carboxylic acids is 2. The number of nitrogens with zero attached hydrogens (tertiary/aromatic N) is 8. The highest BCUT2D eigenvalue weighted by Crippen LogP contribution is 2.33. The van der Waals surface area contributed by atoms with Crippen molar-refractivity contribution < 1.29 is 28.5 Å². The van der Waals surface area contributed by atoms with E-state index in [-0.39, 0.29) is 48.7 Å². The molecule has 0 saturated carbocycles. The highest BCUT2D eigenvalue weighted by Gasteiger charge is 2.46. The van der Waals surface area contributed by atoms with Crippen LogP contribution in [-0.2, 0) is 41.6 Å². The number of Topliss-reactive ketones (excluding diaryl/α,β-unsaturated/α-hetero) is 2. The molecule has 6 unspecified atom stereocenters. The zero-order valence-electron chi connectivity index (χ0n) is 16.6. The molecule has 4 bridgehead atoms. The summed E-state index contributed by atoms with van der Waals surface area (Å²) >= 11 is 11.0. The summed E-state index contributed by atoms with van der Waals surface area (Å²) in [6, 6.07) is -0.710. The Morgan fingerprint density at radius 2 is 1.19 bits per heavy atom. The molecule has 170 valence electrons. The number of aromatic nitrogens is 8. The van der Waals surface area contributed by atoms with Gasteiger partial charge in [0.2, 0.25) is 22.1 Å². The Kier molecular flexibility index (Phi) is 4.88. The Balaban J connectivity index is 1.17. The van der Waals surface area contributed by atoms with Crippen LogP contribution in [0.15, 0.2) is 0 Å². The lowest BCUT2D eigenvalue weighted by molar-refractivity contribution is -0.156. The first-order valence-electron chi connectivity index (χ1n) is 10.1. The lowest BCUT2D eigenvalue weighted by Gasteiger charge is -2.25. The molecule has 0 aromatic carbocycles. The molecule has 16 heteroatoms. The predicted octanol–water partition coefficient (Wildman–Crippen LogP) is -0.857. The van der Waals surface area contributed by atoms with Crippen LogP contribution in [0.25, 0.3) is 0 Å². The number of ether oxygens (including phenoxy) is 4. The van der Waals surface area contributed by atoms with Crippen molar-refractivity contribution >= 4 is 36.0 Å². The molecule has 4 aliphatic rings. The maximum absolute atomic E-state index is 12.1. The number of hydrogen-bond donors (Lipinski definition) is 0. The first-order valence-corrected chi connectivity index (χ1v) is 11.0. The first kappa shape index (κ1) is 20.4. The fourth-order valence-corrected chi connectivity index (χ4v) is 4.99. The Morgan fingerprint density at radius 3 is 1.62 bits per heavy atom. The van der Waals surface area contributed by atoms with Crippen LogP contribution in [0.3, 0.4) is 0 Å². The zero-order valence-corrected chi connectivity index (χ0v) is 18.2. The van der Waals surface area contributed by atoms with Gasteiger partial charge in [-0.05, 0) is 45.3 Å². The van der Waals surface area contributed by atoms with Crippen molar-refractivity contribution in [3.8, 4) is 0 Å². The van der Waals surface area contributed by atoms with E-state index in [1.807, 2.05) is 0 Å². The van der Waals surface area contributed by atoms with Crippen LogP contribution in [-0.4, -0.2) is 89.1 Å². The summed E-state index contributed by atoms with van der Waals surface area (Å²) in [6.07, 6.45) is -1.68. The van der Waals surface area contributed by atoms with Gasteiger partial charge in [-0.3, -0.25) is 9.59 Å². The number of carbonyl (C=O) groups is 2. The standard InChI is InChI=1S/C16H18N8O6S2/c25-9-3-7(11-5-27-13(9)29-11)23-15(31)21(17-19-23)1-2-22-16(32)24(20-18-22)8-4-10(26)14-28-6-12(8)30-14/h7-8,11-14H,1-6H2. The smallest absolute Gasteiger partial charge is 0.218 e. The van der Waals surface area contributed by atoms with Gasteiger partial charge in [0.05, 0.1) is 38.4 Å². The van der Waals surface area contributed by atoms with Crippen LogP contribution in [0.5, 0.6) is 0 Å². The lowest BCUT2D eigenvalue weighted by atomic mass is 10.0. The number of aryl methyl sites for hydroxylation is 2. The van der Waals surface area contributed by atoms with E-state index in [9.17, 15) is 9.59 Å². The molecule has 0 N–H and O–H groups in total. The largest absolute Gasteiger partial charge is 0.343 e. The zero-order chi connectivity index (χ0) is 22.0. The maximum atomic E-state index is 12.1. The number of tetrazole rings is 2. The summed E-state index contributed by atoms with van der Waals surface area (Å²) < 4.78 is 28.7. The van der Waals surface area contributed by atoms with Crippen molar-refractivity contribution in [2.24, 2.45) is 0 Å². The van der Waals surface area contributed by atoms with E-state index in [1.54, 1.807) is 0 Å². The maximum Gasteiger partial charge on any atom is 0.218 e. The molecular formula is C16H18N8O6S2. The first-order chi connectivity index (χ1) is 15.5. The average molecular weight is 483 g/mol. The number of ketones is 2. The van der Waals surface area contributed by atoms with E-state index in [0.717, 1.165) is 0 Å². The quantitative estimate of drug-likeness (QED) is 0.490. The van der Waals surface area contributed by atoms with Crippen molar-refractivity contribution in [1.82, 2.24) is 39.6 Å². The van der Waals surface area contributed by atoms with Gasteiger partial charge in [0.25, 0.3) is 0 Å². The molecule has 4 saturated heterocycles. The molecule has 6 heterocycles. The van der Waals surface area contributed by atoms with Gasteiger partial charge in [-0.2, -0.15) is 0 Å². The van der Waals surface area contributed by atoms with E-state index >= 15 is 0 Å². The van der Waals surface area contributed by atoms with Gasteiger partial charge in [-0.15, -0.1) is 0 Å². The average Bonchev–Trinajstić information content (AvgIpc) is 3.55. The van der Waals surface area contributed by atoms with Gasteiger partial charge in [-0.25, -0.2) is 18.7 Å². The van der Waals surface area contributed by atoms with Crippen LogP contribution in [0.2, 0.25) is 0 Å². The molecule has 0 radical (unpaired) electrons. The fourth-order valence-electron chi connectivity index (χ4n) is 4.39. The Labute approximate surface area is 189 Å². The molecule has 2 aromatic rings. The van der Waals surface area contributed by atoms with E-state index in [2.05, 4.69) is 20.9 Å². The summed E-state index contributed by atoms with van der Waals surface area (Å²) in [5.41, 5.74) is 0. The molecule has 0 amide bonds. The molecule has 14 nitrogen and oxygen atoms in total. The second kappa shape index (κ2) is 7.67. The van der Waals surface area contributed by atoms with E-state index < -0.39 is 12.6 Å². The van der Waals surface area contributed by atoms with Gasteiger partial charge in [0, 0.05) is 12.8 Å². The van der Waals surface area contributed by atoms with E-state index in [4.69, 9.17) is 43.4 Å². The van der Waals surface area contributed by atoms with Crippen molar-refractivity contribution in [2.75, 3.05) is 13.2 Å². The van der Waals surface area contributed by atoms with Gasteiger partial charge >= 0.3 is 0 Å². The minimum Gasteiger partial charge on any atom is -0.343 e. The monoisotopic (exact) mass is 482 g/mol. The third-order valence-electron chi connectivity index (χ3n) is 6.10. The van der Waals surface area contributed by atoms with E-state index in [1.165, 1.54) is 18.7 Å². The van der Waals surface area contributed by atoms with Gasteiger partial charge in [0.15, 0.2) is 11.6 Å². The van der Waals surface area contributed by atoms with Crippen LogP contribution in [0.4, 0.5) is 0 Å². The van der Waals surface area contributed by atoms with Crippen LogP contribution < -0.4 is 0 Å². The summed E-state index contributed by atoms with van der Waals surface area (Å²) in [7, 11) is 0. The number of fused-ring (bicyclic) bond motifs is 4. The Morgan fingerprint density at radius 1 is 0.750 bits per heavy atom. The molecule has 6 rings (SSSR count). The third-order valence-corrected chi connectivity index (χ3v) is 6.89. The SMILES string of the molecule is O=C1CC(n2nnn(CCn3nnn(C4CC(=O)C5OCC4O5)c3=S)c2=S)C2COC1O2. The number of rotatable bonds is 5. The Hall–Kier alpha value is -2.24. The second-order valence-electron chi connectivity index (χ2n) is 8.01. The van der Waals surface area contributed by atoms with Gasteiger partial charge in [-0.1, -0.05) is 0 Å². The van der Waals surface area contributed by atoms with Crippen molar-refractivity contribution in [3.63, 3.8) is 0 Å². The summed E-state index contributed by atoms with van der Waals surface area (Å²) in [5, 5.41) is 16.5. The molecule has 6 atom stereocenters. The van der Waals surface area contributed by atoms with Gasteiger partial charge < -0.3 is 18.9 Å². The molecule has 0 aliphatic carbocycles. The second-order valence-corrected chi connectivity index (χ2v) is 8.74. The molecule has 0 spiro atoms. The fraction of sp³-hybridized carbons (Fsp3) is 0.750. The molecular weight excluding hydrogens is 464 g/mol. The van der Waals surface area contributed by atoms with Gasteiger partial charge in [0.1, 0.15) is 12.2 Å². The van der Waals surface area contributed by atoms with Crippen molar-refractivity contribution in [2.45, 2.75) is 62.8 Å². The minimum atomic E-state index is -0.781. The summed E-state index contributed by atoms with van der Waals surface area (Å²) in [6.45, 7) is 1.31. The normalized spacial score (nSPS) is 33.9. The van der Waals surface area contributed by atoms with Crippen molar-refractivity contribution in [1.29, 1.82) is 0 Å². The third kappa shape index (κ3) is 3.20. The summed E-state index contributed by atoms with van der Waals surface area (Å²) in [5.74, 6) is -0.264. The minimum absolute atomic E-state index is 0.132. The summed E-state index contributed by atoms with van der Waals surface area (Å²) in [4.78, 5) is 24.2.